The van der Waals surface area contributed by atoms with E-state index in [9.17, 15) is 18.4 Å². The predicted octanol–water partition coefficient (Wildman–Crippen LogP) is 2.52. The van der Waals surface area contributed by atoms with Crippen LogP contribution in [-0.4, -0.2) is 71.9 Å². The summed E-state index contributed by atoms with van der Waals surface area (Å²) in [4.78, 5) is 30.3. The predicted molar refractivity (Wildman–Crippen MR) is 98.4 cm³/mol. The Morgan fingerprint density at radius 1 is 1.07 bits per heavy atom. The third kappa shape index (κ3) is 4.74. The van der Waals surface area contributed by atoms with Crippen molar-refractivity contribution in [2.45, 2.75) is 32.2 Å². The summed E-state index contributed by atoms with van der Waals surface area (Å²) in [6.45, 7) is 5.18. The summed E-state index contributed by atoms with van der Waals surface area (Å²) < 4.78 is 27.3. The van der Waals surface area contributed by atoms with E-state index in [1.165, 1.54) is 17.4 Å². The lowest BCUT2D eigenvalue weighted by Gasteiger charge is -2.38. The smallest absolute Gasteiger partial charge is 0.322 e. The maximum Gasteiger partial charge on any atom is 0.322 e. The number of carbonyl (C=O) groups excluding carboxylic acids is 2. The fourth-order valence-corrected chi connectivity index (χ4v) is 3.66. The highest BCUT2D eigenvalue weighted by Gasteiger charge is 2.27. The van der Waals surface area contributed by atoms with E-state index in [1.807, 2.05) is 9.80 Å². The number of nitrogens with one attached hydrogen (secondary N) is 1. The Labute approximate surface area is 158 Å². The number of likely N-dealkylation sites (tertiary alicyclic amines) is 1. The number of benzene rings is 1. The maximum absolute atomic E-state index is 13.7. The molecule has 1 atom stereocenters. The molecule has 27 heavy (non-hydrogen) atoms. The molecule has 3 amide bonds. The lowest BCUT2D eigenvalue weighted by Crippen LogP contribution is -2.53. The molecule has 0 aromatic heterocycles. The van der Waals surface area contributed by atoms with Crippen molar-refractivity contribution in [3.63, 3.8) is 0 Å². The lowest BCUT2D eigenvalue weighted by atomic mass is 10.0. The Bertz CT molecular complexity index is 672. The summed E-state index contributed by atoms with van der Waals surface area (Å²) in [7, 11) is 0. The monoisotopic (exact) mass is 380 g/mol. The quantitative estimate of drug-likeness (QED) is 0.877. The van der Waals surface area contributed by atoms with Crippen molar-refractivity contribution in [3.8, 4) is 0 Å². The van der Waals surface area contributed by atoms with Crippen molar-refractivity contribution in [3.05, 3.63) is 29.8 Å². The first-order chi connectivity index (χ1) is 13.0. The number of urea groups is 1. The normalized spacial score (nSPS) is 21.2. The lowest BCUT2D eigenvalue weighted by molar-refractivity contribution is -0.136. The highest BCUT2D eigenvalue weighted by Crippen LogP contribution is 2.19. The molecule has 2 aliphatic rings. The first kappa shape index (κ1) is 19.5. The number of hydrogen-bond donors (Lipinski definition) is 1. The molecule has 2 aliphatic heterocycles. The number of nitrogens with zero attached hydrogens (tertiary/aromatic N) is 3. The van der Waals surface area contributed by atoms with Crippen LogP contribution in [0.4, 0.5) is 19.3 Å². The fraction of sp³-hybridized carbons (Fsp3) is 0.579. The molecule has 1 aromatic rings. The van der Waals surface area contributed by atoms with Gasteiger partial charge in [0.2, 0.25) is 5.91 Å². The number of piperidine rings is 1. The van der Waals surface area contributed by atoms with E-state index in [4.69, 9.17) is 0 Å². The van der Waals surface area contributed by atoms with Crippen LogP contribution >= 0.6 is 0 Å². The van der Waals surface area contributed by atoms with Crippen molar-refractivity contribution in [1.82, 2.24) is 14.7 Å². The second-order valence-electron chi connectivity index (χ2n) is 7.22. The SMILES string of the molecule is CC1CCCCN1C(=O)CN1CCN(C(=O)Nc2c(F)cccc2F)CC1. The van der Waals surface area contributed by atoms with Crippen LogP contribution in [0, 0.1) is 11.6 Å². The molecule has 0 bridgehead atoms. The molecule has 0 aliphatic carbocycles. The van der Waals surface area contributed by atoms with Gasteiger partial charge < -0.3 is 15.1 Å². The molecule has 2 fully saturated rings. The number of anilines is 1. The van der Waals surface area contributed by atoms with E-state index >= 15 is 0 Å². The van der Waals surface area contributed by atoms with Gasteiger partial charge in [0.1, 0.15) is 17.3 Å². The van der Waals surface area contributed by atoms with Crippen LogP contribution in [0.25, 0.3) is 0 Å². The molecule has 148 valence electrons. The van der Waals surface area contributed by atoms with Crippen LogP contribution in [-0.2, 0) is 4.79 Å². The van der Waals surface area contributed by atoms with Gasteiger partial charge >= 0.3 is 6.03 Å². The summed E-state index contributed by atoms with van der Waals surface area (Å²) in [5, 5.41) is 2.30. The number of carbonyl (C=O) groups is 2. The summed E-state index contributed by atoms with van der Waals surface area (Å²) in [6.07, 6.45) is 3.27. The van der Waals surface area contributed by atoms with Crippen LogP contribution in [0.2, 0.25) is 0 Å². The number of amides is 3. The first-order valence-electron chi connectivity index (χ1n) is 9.47. The number of piperazine rings is 1. The van der Waals surface area contributed by atoms with E-state index in [0.29, 0.717) is 32.7 Å². The summed E-state index contributed by atoms with van der Waals surface area (Å²) in [5.74, 6) is -1.47. The zero-order valence-electron chi connectivity index (χ0n) is 15.6. The van der Waals surface area contributed by atoms with Gasteiger partial charge in [-0.05, 0) is 38.3 Å². The third-order valence-electron chi connectivity index (χ3n) is 5.34. The Morgan fingerprint density at radius 3 is 2.37 bits per heavy atom. The molecule has 2 heterocycles. The van der Waals surface area contributed by atoms with Crippen molar-refractivity contribution in [2.75, 3.05) is 44.6 Å². The number of hydrogen-bond acceptors (Lipinski definition) is 3. The molecule has 2 saturated heterocycles. The molecule has 0 spiro atoms. The molecule has 3 rings (SSSR count). The topological polar surface area (TPSA) is 55.9 Å². The van der Waals surface area contributed by atoms with Crippen LogP contribution in [0.3, 0.4) is 0 Å². The molecule has 0 radical (unpaired) electrons. The minimum Gasteiger partial charge on any atom is -0.339 e. The van der Waals surface area contributed by atoms with Gasteiger partial charge in [-0.2, -0.15) is 0 Å². The highest BCUT2D eigenvalue weighted by molar-refractivity contribution is 5.89. The van der Waals surface area contributed by atoms with E-state index in [1.54, 1.807) is 0 Å². The Kier molecular flexibility index (Phi) is 6.26. The molecule has 0 saturated carbocycles. The zero-order chi connectivity index (χ0) is 19.4. The van der Waals surface area contributed by atoms with Gasteiger partial charge in [0.15, 0.2) is 0 Å². The average molecular weight is 380 g/mol. The maximum atomic E-state index is 13.7. The fourth-order valence-electron chi connectivity index (χ4n) is 3.66. The molecule has 1 unspecified atom stereocenters. The van der Waals surface area contributed by atoms with Crippen molar-refractivity contribution in [1.29, 1.82) is 0 Å². The molecule has 1 N–H and O–H groups in total. The summed E-state index contributed by atoms with van der Waals surface area (Å²) in [5.41, 5.74) is -0.431. The second-order valence-corrected chi connectivity index (χ2v) is 7.22. The van der Waals surface area contributed by atoms with Crippen molar-refractivity contribution >= 4 is 17.6 Å². The van der Waals surface area contributed by atoms with E-state index < -0.39 is 23.4 Å². The number of rotatable bonds is 3. The largest absolute Gasteiger partial charge is 0.339 e. The van der Waals surface area contributed by atoms with Crippen LogP contribution in [0.1, 0.15) is 26.2 Å². The van der Waals surface area contributed by atoms with Crippen molar-refractivity contribution in [2.24, 2.45) is 0 Å². The van der Waals surface area contributed by atoms with Crippen LogP contribution in [0.5, 0.6) is 0 Å². The average Bonchev–Trinajstić information content (AvgIpc) is 2.65. The van der Waals surface area contributed by atoms with Gasteiger partial charge in [-0.15, -0.1) is 0 Å². The molecular formula is C19H26F2N4O2. The van der Waals surface area contributed by atoms with Crippen LogP contribution in [0.15, 0.2) is 18.2 Å². The zero-order valence-corrected chi connectivity index (χ0v) is 15.6. The van der Waals surface area contributed by atoms with Gasteiger partial charge in [0.25, 0.3) is 0 Å². The summed E-state index contributed by atoms with van der Waals surface area (Å²) >= 11 is 0. The molecular weight excluding hydrogens is 354 g/mol. The highest BCUT2D eigenvalue weighted by atomic mass is 19.1. The molecule has 6 nitrogen and oxygen atoms in total. The van der Waals surface area contributed by atoms with E-state index in [-0.39, 0.29) is 11.9 Å². The molecule has 1 aromatic carbocycles. The number of para-hydroxylation sites is 1. The van der Waals surface area contributed by atoms with E-state index in [2.05, 4.69) is 12.2 Å². The van der Waals surface area contributed by atoms with Gasteiger partial charge in [-0.1, -0.05) is 6.07 Å². The standard InChI is InChI=1S/C19H26F2N4O2/c1-14-5-2-3-8-25(14)17(26)13-23-9-11-24(12-10-23)19(27)22-18-15(20)6-4-7-16(18)21/h4,6-7,14H,2-3,5,8-13H2,1H3,(H,22,27). The molecule has 8 heteroatoms. The van der Waals surface area contributed by atoms with Gasteiger partial charge in [-0.25, -0.2) is 13.6 Å². The second kappa shape index (κ2) is 8.65. The van der Waals surface area contributed by atoms with Gasteiger partial charge in [-0.3, -0.25) is 9.69 Å². The van der Waals surface area contributed by atoms with Crippen molar-refractivity contribution < 1.29 is 18.4 Å². The Balaban J connectivity index is 1.48. The third-order valence-corrected chi connectivity index (χ3v) is 5.34. The first-order valence-corrected chi connectivity index (χ1v) is 9.47. The minimum atomic E-state index is -0.803. The van der Waals surface area contributed by atoms with Gasteiger partial charge in [0, 0.05) is 38.8 Å². The van der Waals surface area contributed by atoms with Crippen LogP contribution < -0.4 is 5.32 Å². The minimum absolute atomic E-state index is 0.133. The number of halogens is 2. The Morgan fingerprint density at radius 2 is 1.74 bits per heavy atom. The summed E-state index contributed by atoms with van der Waals surface area (Å²) in [6, 6.07) is 3.20. The van der Waals surface area contributed by atoms with E-state index in [0.717, 1.165) is 31.5 Å². The Hall–Kier alpha value is -2.22. The van der Waals surface area contributed by atoms with Gasteiger partial charge in [0.05, 0.1) is 6.54 Å².